The van der Waals surface area contributed by atoms with Crippen LogP contribution in [0.15, 0.2) is 48.7 Å². The summed E-state index contributed by atoms with van der Waals surface area (Å²) in [4.78, 5) is 10.3. The number of para-hydroxylation sites is 1. The smallest absolute Gasteiger partial charge is 0.444 e. The highest BCUT2D eigenvalue weighted by atomic mass is 19.4. The van der Waals surface area contributed by atoms with Crippen LogP contribution in [0.25, 0.3) is 11.4 Å². The molecule has 2 aromatic carbocycles. The predicted octanol–water partition coefficient (Wildman–Crippen LogP) is 6.23. The Bertz CT molecular complexity index is 1690. The Morgan fingerprint density at radius 1 is 1.14 bits per heavy atom. The molecule has 2 aromatic heterocycles. The highest BCUT2D eigenvalue weighted by molar-refractivity contribution is 5.55. The Balaban J connectivity index is 1.12. The van der Waals surface area contributed by atoms with Crippen molar-refractivity contribution in [1.29, 1.82) is 5.26 Å². The number of H-pyrrole nitrogens is 1. The van der Waals surface area contributed by atoms with Crippen LogP contribution in [-0.2, 0) is 18.5 Å². The molecule has 0 spiro atoms. The van der Waals surface area contributed by atoms with Crippen molar-refractivity contribution in [2.75, 3.05) is 13.1 Å². The van der Waals surface area contributed by atoms with Gasteiger partial charge in [-0.3, -0.25) is 15.0 Å². The number of nitriles is 1. The molecule has 42 heavy (non-hydrogen) atoms. The lowest BCUT2D eigenvalue weighted by atomic mass is 9.88. The van der Waals surface area contributed by atoms with Gasteiger partial charge in [-0.15, -0.1) is 0 Å². The number of hydrogen-bond donors (Lipinski definition) is 1. The van der Waals surface area contributed by atoms with Crippen LogP contribution < -0.4 is 9.47 Å². The lowest BCUT2D eigenvalue weighted by molar-refractivity contribution is -0.144. The Hall–Kier alpha value is -4.50. The van der Waals surface area contributed by atoms with Crippen molar-refractivity contribution in [2.24, 2.45) is 0 Å². The van der Waals surface area contributed by atoms with E-state index in [4.69, 9.17) is 14.7 Å². The Labute approximate surface area is 238 Å². The number of aromatic nitrogens is 4. The summed E-state index contributed by atoms with van der Waals surface area (Å²) in [5.74, 6) is -1.75. The topological polar surface area (TPSA) is 100.0 Å². The lowest BCUT2D eigenvalue weighted by Gasteiger charge is -2.32. The number of nitrogens with one attached hydrogen (secondary N) is 1. The van der Waals surface area contributed by atoms with Crippen molar-refractivity contribution in [1.82, 2.24) is 25.1 Å². The molecule has 1 saturated heterocycles. The molecule has 0 radical (unpaired) electrons. The Kier molecular flexibility index (Phi) is 6.85. The van der Waals surface area contributed by atoms with E-state index in [2.05, 4.69) is 20.0 Å². The summed E-state index contributed by atoms with van der Waals surface area (Å²) >= 11 is 0. The van der Waals surface area contributed by atoms with Crippen LogP contribution >= 0.6 is 0 Å². The quantitative estimate of drug-likeness (QED) is 0.280. The maximum absolute atomic E-state index is 14.8. The number of ether oxygens (including phenoxy) is 2. The van der Waals surface area contributed by atoms with Crippen LogP contribution in [-0.4, -0.2) is 38.2 Å². The minimum absolute atomic E-state index is 0.0510. The van der Waals surface area contributed by atoms with Gasteiger partial charge in [-0.25, -0.2) is 9.37 Å². The van der Waals surface area contributed by atoms with E-state index in [0.717, 1.165) is 42.8 Å². The summed E-state index contributed by atoms with van der Waals surface area (Å²) in [5, 5.41) is 14.7. The molecular formula is C30H26F4N6O2. The first kappa shape index (κ1) is 27.7. The molecule has 0 bridgehead atoms. The summed E-state index contributed by atoms with van der Waals surface area (Å²) in [6, 6.07) is 13.6. The van der Waals surface area contributed by atoms with E-state index in [0.29, 0.717) is 23.6 Å². The third kappa shape index (κ3) is 5.16. The van der Waals surface area contributed by atoms with Crippen LogP contribution in [0.1, 0.15) is 59.5 Å². The number of likely N-dealkylation sites (tertiary alicyclic amines) is 1. The number of nitrogens with zero attached hydrogens (tertiary/aromatic N) is 5. The van der Waals surface area contributed by atoms with Gasteiger partial charge in [0.2, 0.25) is 5.82 Å². The fraction of sp³-hybridized carbons (Fsp3) is 0.333. The number of hydrogen-bond acceptors (Lipinski definition) is 7. The summed E-state index contributed by atoms with van der Waals surface area (Å²) in [6.07, 6.45) is -1.38. The Morgan fingerprint density at radius 2 is 1.93 bits per heavy atom. The van der Waals surface area contributed by atoms with Crippen LogP contribution in [0.2, 0.25) is 0 Å². The summed E-state index contributed by atoms with van der Waals surface area (Å²) < 4.78 is 65.9. The molecular weight excluding hydrogens is 552 g/mol. The predicted molar refractivity (Wildman–Crippen MR) is 143 cm³/mol. The summed E-state index contributed by atoms with van der Waals surface area (Å²) in [7, 11) is 0. The first-order chi connectivity index (χ1) is 20.0. The number of pyridine rings is 1. The molecule has 0 unspecified atom stereocenters. The standard InChI is InChI=1S/C30H26F4N6O2/c1-17-12-20(27-37-28(39-38-27)30(32,33)34)15-36-24(17)16-40-10-8-19(9-11-40)21-4-3-5-25-26(21)42-29(2,41-25)22-7-6-18(14-35)13-23(22)31/h3-7,12-13,15,19H,8-11,16H2,1-2H3,(H,37,38,39)/t29-/m0/s1. The second-order valence-corrected chi connectivity index (χ2v) is 10.7. The zero-order valence-corrected chi connectivity index (χ0v) is 22.8. The van der Waals surface area contributed by atoms with E-state index in [1.807, 2.05) is 30.2 Å². The molecule has 4 aromatic rings. The second-order valence-electron chi connectivity index (χ2n) is 10.7. The largest absolute Gasteiger partial charge is 0.451 e. The molecule has 8 nitrogen and oxygen atoms in total. The van der Waals surface area contributed by atoms with Gasteiger partial charge in [0.15, 0.2) is 17.3 Å². The molecule has 12 heteroatoms. The number of fused-ring (bicyclic) bond motifs is 1. The van der Waals surface area contributed by atoms with Crippen LogP contribution in [0.5, 0.6) is 11.5 Å². The maximum Gasteiger partial charge on any atom is 0.451 e. The van der Waals surface area contributed by atoms with Crippen molar-refractivity contribution in [3.05, 3.63) is 88.3 Å². The number of alkyl halides is 3. The molecule has 6 rings (SSSR count). The number of benzene rings is 2. The van der Waals surface area contributed by atoms with Gasteiger partial charge in [0.1, 0.15) is 5.82 Å². The second kappa shape index (κ2) is 10.4. The normalized spacial score (nSPS) is 19.2. The first-order valence-corrected chi connectivity index (χ1v) is 13.4. The molecule has 0 amide bonds. The first-order valence-electron chi connectivity index (χ1n) is 13.4. The van der Waals surface area contributed by atoms with Crippen molar-refractivity contribution in [3.8, 4) is 29.0 Å². The highest BCUT2D eigenvalue weighted by Crippen LogP contribution is 2.49. The summed E-state index contributed by atoms with van der Waals surface area (Å²) in [5.41, 5.74) is 3.53. The van der Waals surface area contributed by atoms with Gasteiger partial charge in [0.25, 0.3) is 5.79 Å². The fourth-order valence-electron chi connectivity index (χ4n) is 5.55. The maximum atomic E-state index is 14.8. The van der Waals surface area contributed by atoms with Crippen LogP contribution in [0.4, 0.5) is 17.6 Å². The molecule has 216 valence electrons. The van der Waals surface area contributed by atoms with Crippen molar-refractivity contribution in [2.45, 2.75) is 51.1 Å². The zero-order valence-electron chi connectivity index (χ0n) is 22.8. The molecule has 1 fully saturated rings. The average Bonchev–Trinajstić information content (AvgIpc) is 3.60. The van der Waals surface area contributed by atoms with Gasteiger partial charge >= 0.3 is 6.18 Å². The number of aromatic amines is 1. The van der Waals surface area contributed by atoms with E-state index in [1.54, 1.807) is 19.1 Å². The zero-order chi connectivity index (χ0) is 29.6. The molecule has 2 aliphatic heterocycles. The Morgan fingerprint density at radius 3 is 2.60 bits per heavy atom. The van der Waals surface area contributed by atoms with E-state index in [9.17, 15) is 17.6 Å². The number of piperidine rings is 1. The lowest BCUT2D eigenvalue weighted by Crippen LogP contribution is -2.34. The van der Waals surface area contributed by atoms with Crippen molar-refractivity contribution >= 4 is 0 Å². The molecule has 0 aliphatic carbocycles. The average molecular weight is 579 g/mol. The minimum atomic E-state index is -4.60. The molecule has 1 atom stereocenters. The minimum Gasteiger partial charge on any atom is -0.444 e. The van der Waals surface area contributed by atoms with Gasteiger partial charge in [0, 0.05) is 30.8 Å². The van der Waals surface area contributed by atoms with Crippen LogP contribution in [0, 0.1) is 24.1 Å². The van der Waals surface area contributed by atoms with E-state index >= 15 is 0 Å². The fourth-order valence-corrected chi connectivity index (χ4v) is 5.55. The third-order valence-corrected chi connectivity index (χ3v) is 7.80. The summed E-state index contributed by atoms with van der Waals surface area (Å²) in [6.45, 7) is 5.74. The van der Waals surface area contributed by atoms with Crippen molar-refractivity contribution < 1.29 is 27.0 Å². The molecule has 4 heterocycles. The molecule has 1 N–H and O–H groups in total. The highest BCUT2D eigenvalue weighted by Gasteiger charge is 2.43. The number of aryl methyl sites for hydroxylation is 1. The molecule has 2 aliphatic rings. The van der Waals surface area contributed by atoms with E-state index < -0.39 is 23.6 Å². The van der Waals surface area contributed by atoms with Gasteiger partial charge < -0.3 is 9.47 Å². The number of halogens is 4. The monoisotopic (exact) mass is 578 g/mol. The third-order valence-electron chi connectivity index (χ3n) is 7.80. The van der Waals surface area contributed by atoms with Crippen molar-refractivity contribution in [3.63, 3.8) is 0 Å². The van der Waals surface area contributed by atoms with E-state index in [1.165, 1.54) is 24.4 Å². The molecule has 0 saturated carbocycles. The van der Waals surface area contributed by atoms with Crippen LogP contribution in [0.3, 0.4) is 0 Å². The van der Waals surface area contributed by atoms with E-state index in [-0.39, 0.29) is 22.9 Å². The number of rotatable bonds is 5. The van der Waals surface area contributed by atoms with Gasteiger partial charge in [-0.05, 0) is 74.7 Å². The van der Waals surface area contributed by atoms with Gasteiger partial charge in [0.05, 0.1) is 22.9 Å². The van der Waals surface area contributed by atoms with Gasteiger partial charge in [-0.2, -0.15) is 23.5 Å². The van der Waals surface area contributed by atoms with Gasteiger partial charge in [-0.1, -0.05) is 12.1 Å². The SMILES string of the molecule is Cc1cc(-c2n[nH]c(C(F)(F)F)n2)cnc1CN1CCC(c2cccc3c2O[C@@](C)(c2ccc(C#N)cc2F)O3)CC1.